The van der Waals surface area contributed by atoms with Crippen LogP contribution < -0.4 is 0 Å². The number of carbonyl (C=O) groups excluding carboxylic acids is 3. The monoisotopic (exact) mass is 496 g/mol. The van der Waals surface area contributed by atoms with Gasteiger partial charge >= 0.3 is 12.1 Å². The zero-order chi connectivity index (χ0) is 24.7. The van der Waals surface area contributed by atoms with Crippen LogP contribution in [0.5, 0.6) is 0 Å². The number of hydrogen-bond acceptors (Lipinski definition) is 7. The number of rotatable bonds is 6. The Bertz CT molecular complexity index is 871. The highest BCUT2D eigenvalue weighted by atomic mass is 35.5. The molecule has 4 aliphatic carbocycles. The van der Waals surface area contributed by atoms with Gasteiger partial charge in [0, 0.05) is 11.8 Å². The molecule has 0 aromatic heterocycles. The normalized spacial score (nSPS) is 41.0. The molecule has 3 saturated carbocycles. The molecule has 34 heavy (non-hydrogen) atoms. The van der Waals surface area contributed by atoms with Crippen molar-refractivity contribution in [1.29, 1.82) is 0 Å². The van der Waals surface area contributed by atoms with Crippen molar-refractivity contribution in [2.75, 3.05) is 12.7 Å². The van der Waals surface area contributed by atoms with E-state index in [4.69, 9.17) is 25.8 Å². The molecular formula is C26H37ClO7. The lowest BCUT2D eigenvalue weighted by Crippen LogP contribution is -2.63. The van der Waals surface area contributed by atoms with E-state index in [9.17, 15) is 19.5 Å². The highest BCUT2D eigenvalue weighted by molar-refractivity contribution is 6.17. The minimum absolute atomic E-state index is 0.00460. The summed E-state index contributed by atoms with van der Waals surface area (Å²) in [5.74, 6) is -0.302. The molecule has 7 atom stereocenters. The van der Waals surface area contributed by atoms with E-state index in [1.807, 2.05) is 13.8 Å². The largest absolute Gasteiger partial charge is 0.509 e. The van der Waals surface area contributed by atoms with Gasteiger partial charge in [0.15, 0.2) is 11.8 Å². The van der Waals surface area contributed by atoms with Gasteiger partial charge in [0.1, 0.15) is 0 Å². The smallest absolute Gasteiger partial charge is 0.446 e. The van der Waals surface area contributed by atoms with E-state index >= 15 is 0 Å². The number of alkyl halides is 1. The Morgan fingerprint density at radius 3 is 2.65 bits per heavy atom. The van der Waals surface area contributed by atoms with Crippen LogP contribution in [0.4, 0.5) is 4.79 Å². The molecule has 0 radical (unpaired) electrons. The van der Waals surface area contributed by atoms with Crippen molar-refractivity contribution in [2.45, 2.75) is 90.3 Å². The summed E-state index contributed by atoms with van der Waals surface area (Å²) in [5.41, 5.74) is -1.46. The Balaban J connectivity index is 1.67. The molecule has 1 N–H and O–H groups in total. The first-order valence-corrected chi connectivity index (χ1v) is 13.2. The first-order chi connectivity index (χ1) is 16.1. The summed E-state index contributed by atoms with van der Waals surface area (Å²) in [6.45, 7) is 6.33. The summed E-state index contributed by atoms with van der Waals surface area (Å²) < 4.78 is 16.3. The van der Waals surface area contributed by atoms with Gasteiger partial charge in [-0.05, 0) is 74.2 Å². The second-order valence-electron chi connectivity index (χ2n) is 11.0. The fraction of sp³-hybridized carbons (Fsp3) is 0.808. The molecule has 0 aromatic carbocycles. The first kappa shape index (κ1) is 25.5. The van der Waals surface area contributed by atoms with Gasteiger partial charge in [0.2, 0.25) is 5.60 Å². The third-order valence-corrected chi connectivity index (χ3v) is 9.62. The SMILES string of the molecule is CCCCOC(=O)O[C@]1(C(=O)OCCl)CC[C@H]2[C@@H]3CCC4=CC(=O)CC[C@]4(C)[C@H]3[C@@H](O)C[C@@]21C. The topological polar surface area (TPSA) is 99.1 Å². The standard InChI is InChI=1S/C26H37ClO7/c1-4-5-12-32-23(31)34-26(22(30)33-15-27)11-9-19-18-7-6-16-13-17(28)8-10-24(16,2)21(18)20(29)14-25(19,26)3/h13,18-21,29H,4-12,14-15H2,1-3H3/t18-,19-,20-,21+,24-,25-,26-/m0/s1. The van der Waals surface area contributed by atoms with Gasteiger partial charge in [-0.2, -0.15) is 0 Å². The molecule has 7 nitrogen and oxygen atoms in total. The number of allylic oxidation sites excluding steroid dienone is 1. The van der Waals surface area contributed by atoms with Crippen molar-refractivity contribution < 1.29 is 33.7 Å². The fourth-order valence-electron chi connectivity index (χ4n) is 7.86. The summed E-state index contributed by atoms with van der Waals surface area (Å²) in [4.78, 5) is 38.1. The Morgan fingerprint density at radius 1 is 1.18 bits per heavy atom. The van der Waals surface area contributed by atoms with Crippen LogP contribution in [0.2, 0.25) is 0 Å². The number of esters is 1. The maximum absolute atomic E-state index is 13.3. The van der Waals surface area contributed by atoms with Gasteiger partial charge < -0.3 is 19.3 Å². The van der Waals surface area contributed by atoms with Crippen LogP contribution in [-0.4, -0.2) is 47.4 Å². The molecule has 0 unspecified atom stereocenters. The van der Waals surface area contributed by atoms with Crippen molar-refractivity contribution >= 4 is 29.5 Å². The molecule has 0 saturated heterocycles. The number of aliphatic hydroxyl groups excluding tert-OH is 1. The van der Waals surface area contributed by atoms with Gasteiger partial charge in [-0.25, -0.2) is 9.59 Å². The number of unbranched alkanes of at least 4 members (excludes halogenated alkanes) is 1. The van der Waals surface area contributed by atoms with E-state index < -0.39 is 29.2 Å². The number of hydrogen-bond donors (Lipinski definition) is 1. The summed E-state index contributed by atoms with van der Waals surface area (Å²) in [5, 5.41) is 11.6. The number of halogens is 1. The van der Waals surface area contributed by atoms with Crippen molar-refractivity contribution in [3.8, 4) is 0 Å². The molecule has 4 rings (SSSR count). The second-order valence-corrected chi connectivity index (χ2v) is 11.3. The third kappa shape index (κ3) is 3.87. The summed E-state index contributed by atoms with van der Waals surface area (Å²) in [7, 11) is 0. The van der Waals surface area contributed by atoms with Gasteiger partial charge in [0.05, 0.1) is 12.7 Å². The van der Waals surface area contributed by atoms with Gasteiger partial charge in [0.25, 0.3) is 0 Å². The maximum Gasteiger partial charge on any atom is 0.509 e. The van der Waals surface area contributed by atoms with Gasteiger partial charge in [-0.15, -0.1) is 0 Å². The van der Waals surface area contributed by atoms with Crippen molar-refractivity contribution in [3.63, 3.8) is 0 Å². The van der Waals surface area contributed by atoms with Crippen LogP contribution in [0, 0.1) is 28.6 Å². The minimum Gasteiger partial charge on any atom is -0.446 e. The summed E-state index contributed by atoms with van der Waals surface area (Å²) >= 11 is 5.74. The lowest BCUT2D eigenvalue weighted by molar-refractivity contribution is -0.202. The fourth-order valence-corrected chi connectivity index (χ4v) is 7.96. The minimum atomic E-state index is -1.55. The van der Waals surface area contributed by atoms with Crippen molar-refractivity contribution in [2.24, 2.45) is 28.6 Å². The zero-order valence-corrected chi connectivity index (χ0v) is 21.2. The van der Waals surface area contributed by atoms with E-state index in [1.165, 1.54) is 0 Å². The van der Waals surface area contributed by atoms with Crippen LogP contribution in [0.15, 0.2) is 11.6 Å². The average molecular weight is 497 g/mol. The third-order valence-electron chi connectivity index (χ3n) is 9.51. The average Bonchev–Trinajstić information content (AvgIpc) is 3.07. The van der Waals surface area contributed by atoms with Gasteiger partial charge in [-0.3, -0.25) is 4.79 Å². The molecule has 0 bridgehead atoms. The number of aliphatic hydroxyl groups is 1. The molecule has 0 amide bonds. The van der Waals surface area contributed by atoms with Crippen LogP contribution in [0.25, 0.3) is 0 Å². The molecule has 190 valence electrons. The highest BCUT2D eigenvalue weighted by Crippen LogP contribution is 2.68. The Morgan fingerprint density at radius 2 is 1.94 bits per heavy atom. The second kappa shape index (κ2) is 9.45. The van der Waals surface area contributed by atoms with E-state index in [0.717, 1.165) is 31.3 Å². The molecule has 0 heterocycles. The molecule has 8 heteroatoms. The van der Waals surface area contributed by atoms with Crippen LogP contribution in [-0.2, 0) is 23.8 Å². The lowest BCUT2D eigenvalue weighted by Gasteiger charge is -2.60. The van der Waals surface area contributed by atoms with Crippen molar-refractivity contribution in [1.82, 2.24) is 0 Å². The molecule has 3 fully saturated rings. The molecule has 4 aliphatic rings. The summed E-state index contributed by atoms with van der Waals surface area (Å²) in [6, 6.07) is -0.343. The Kier molecular flexibility index (Phi) is 7.09. The zero-order valence-electron chi connectivity index (χ0n) is 20.4. The van der Waals surface area contributed by atoms with Crippen LogP contribution in [0.3, 0.4) is 0 Å². The summed E-state index contributed by atoms with van der Waals surface area (Å²) in [6.07, 6.45) is 5.94. The van der Waals surface area contributed by atoms with E-state index in [-0.39, 0.29) is 41.6 Å². The predicted octanol–water partition coefficient (Wildman–Crippen LogP) is 4.92. The van der Waals surface area contributed by atoms with E-state index in [0.29, 0.717) is 32.1 Å². The molecule has 0 aromatic rings. The molecule has 0 spiro atoms. The van der Waals surface area contributed by atoms with Crippen molar-refractivity contribution in [3.05, 3.63) is 11.6 Å². The highest BCUT2D eigenvalue weighted by Gasteiger charge is 2.71. The number of fused-ring (bicyclic) bond motifs is 5. The molecule has 0 aliphatic heterocycles. The Labute approximate surface area is 206 Å². The molecular weight excluding hydrogens is 460 g/mol. The van der Waals surface area contributed by atoms with E-state index in [1.54, 1.807) is 6.08 Å². The number of ether oxygens (including phenoxy) is 3. The van der Waals surface area contributed by atoms with Gasteiger partial charge in [-0.1, -0.05) is 44.4 Å². The number of carbonyl (C=O) groups is 3. The number of ketones is 1. The van der Waals surface area contributed by atoms with Crippen LogP contribution in [0.1, 0.15) is 78.6 Å². The maximum atomic E-state index is 13.3. The first-order valence-electron chi connectivity index (χ1n) is 12.6. The quantitative estimate of drug-likeness (QED) is 0.316. The van der Waals surface area contributed by atoms with E-state index in [2.05, 4.69) is 6.92 Å². The van der Waals surface area contributed by atoms with Crippen LogP contribution >= 0.6 is 11.6 Å². The predicted molar refractivity (Wildman–Crippen MR) is 125 cm³/mol. The Hall–Kier alpha value is -1.60. The lowest BCUT2D eigenvalue weighted by atomic mass is 9.45.